The molecule has 6 heteroatoms. The summed E-state index contributed by atoms with van der Waals surface area (Å²) in [6.45, 7) is 0. The van der Waals surface area contributed by atoms with Crippen molar-refractivity contribution in [3.8, 4) is 0 Å². The lowest BCUT2D eigenvalue weighted by molar-refractivity contribution is -0.139. The van der Waals surface area contributed by atoms with E-state index >= 15 is 0 Å². The van der Waals surface area contributed by atoms with Crippen molar-refractivity contribution in [3.05, 3.63) is 45.3 Å². The molecule has 25 heavy (non-hydrogen) atoms. The summed E-state index contributed by atoms with van der Waals surface area (Å²) in [5.41, 5.74) is 0.967. The number of benzene rings is 1. The van der Waals surface area contributed by atoms with Gasteiger partial charge in [-0.05, 0) is 36.5 Å². The van der Waals surface area contributed by atoms with E-state index in [-0.39, 0.29) is 17.7 Å². The van der Waals surface area contributed by atoms with Crippen LogP contribution in [-0.2, 0) is 20.7 Å². The minimum Gasteiger partial charge on any atom is -0.469 e. The lowest BCUT2D eigenvalue weighted by atomic mass is 9.95. The molecule has 6 nitrogen and oxygen atoms in total. The number of carbonyl (C=O) groups is 2. The highest BCUT2D eigenvalue weighted by Gasteiger charge is 2.24. The molecule has 3 rings (SSSR count). The maximum atomic E-state index is 12.9. The molecule has 1 aromatic heterocycles. The quantitative estimate of drug-likeness (QED) is 0.793. The molecule has 0 bridgehead atoms. The molecule has 1 heterocycles. The highest BCUT2D eigenvalue weighted by molar-refractivity contribution is 5.92. The van der Waals surface area contributed by atoms with E-state index in [2.05, 4.69) is 9.47 Å². The fourth-order valence-electron chi connectivity index (χ4n) is 3.40. The summed E-state index contributed by atoms with van der Waals surface area (Å²) in [5.74, 6) is -1.23. The molecule has 0 spiro atoms. The van der Waals surface area contributed by atoms with Gasteiger partial charge in [-0.1, -0.05) is 18.9 Å². The summed E-state index contributed by atoms with van der Waals surface area (Å²) in [7, 11) is 2.42. The molecule has 0 N–H and O–H groups in total. The van der Waals surface area contributed by atoms with Crippen molar-refractivity contribution in [2.24, 2.45) is 0 Å². The zero-order valence-electron chi connectivity index (χ0n) is 14.3. The van der Waals surface area contributed by atoms with Gasteiger partial charge in [0.05, 0.1) is 31.6 Å². The SMILES string of the molecule is COC(=O)Cc1c(C(=O)OC)oc2ccc(C3CCCC3)cc2c1=O. The van der Waals surface area contributed by atoms with E-state index in [4.69, 9.17) is 4.42 Å². The molecule has 132 valence electrons. The van der Waals surface area contributed by atoms with E-state index < -0.39 is 17.4 Å². The van der Waals surface area contributed by atoms with Crippen LogP contribution in [0.3, 0.4) is 0 Å². The second-order valence-electron chi connectivity index (χ2n) is 6.22. The van der Waals surface area contributed by atoms with Crippen LogP contribution in [0.5, 0.6) is 0 Å². The Morgan fingerprint density at radius 2 is 1.88 bits per heavy atom. The van der Waals surface area contributed by atoms with Gasteiger partial charge in [-0.15, -0.1) is 0 Å². The van der Waals surface area contributed by atoms with Gasteiger partial charge >= 0.3 is 11.9 Å². The predicted molar refractivity (Wildman–Crippen MR) is 90.8 cm³/mol. The van der Waals surface area contributed by atoms with Crippen molar-refractivity contribution in [2.45, 2.75) is 38.0 Å². The molecule has 0 unspecified atom stereocenters. The van der Waals surface area contributed by atoms with E-state index in [9.17, 15) is 14.4 Å². The molecule has 1 aliphatic rings. The Kier molecular flexibility index (Phi) is 4.88. The van der Waals surface area contributed by atoms with Crippen LogP contribution in [0.15, 0.2) is 27.4 Å². The zero-order valence-corrected chi connectivity index (χ0v) is 14.3. The minimum absolute atomic E-state index is 0.0326. The molecule has 0 aliphatic heterocycles. The molecule has 2 aromatic rings. The summed E-state index contributed by atoms with van der Waals surface area (Å²) in [6, 6.07) is 5.46. The van der Waals surface area contributed by atoms with Gasteiger partial charge in [0.1, 0.15) is 5.58 Å². The summed E-state index contributed by atoms with van der Waals surface area (Å²) < 4.78 is 14.9. The van der Waals surface area contributed by atoms with Crippen molar-refractivity contribution in [1.82, 2.24) is 0 Å². The number of esters is 2. The minimum atomic E-state index is -0.794. The van der Waals surface area contributed by atoms with Gasteiger partial charge in [0.15, 0.2) is 5.43 Å². The first kappa shape index (κ1) is 17.2. The van der Waals surface area contributed by atoms with E-state index in [1.807, 2.05) is 12.1 Å². The van der Waals surface area contributed by atoms with Crippen molar-refractivity contribution in [2.75, 3.05) is 14.2 Å². The second-order valence-corrected chi connectivity index (χ2v) is 6.22. The van der Waals surface area contributed by atoms with Crippen LogP contribution < -0.4 is 5.43 Å². The lowest BCUT2D eigenvalue weighted by Gasteiger charge is -2.12. The Bertz CT molecular complexity index is 873. The van der Waals surface area contributed by atoms with Crippen molar-refractivity contribution >= 4 is 22.9 Å². The average Bonchev–Trinajstić information content (AvgIpc) is 3.17. The Labute approximate surface area is 144 Å². The van der Waals surface area contributed by atoms with Crippen molar-refractivity contribution < 1.29 is 23.5 Å². The Hall–Kier alpha value is -2.63. The van der Waals surface area contributed by atoms with Gasteiger partial charge in [-0.2, -0.15) is 0 Å². The fourth-order valence-corrected chi connectivity index (χ4v) is 3.40. The Morgan fingerprint density at radius 3 is 2.52 bits per heavy atom. The van der Waals surface area contributed by atoms with Gasteiger partial charge < -0.3 is 13.9 Å². The van der Waals surface area contributed by atoms with E-state index in [0.29, 0.717) is 16.9 Å². The number of methoxy groups -OCH3 is 2. The first-order valence-corrected chi connectivity index (χ1v) is 8.30. The maximum Gasteiger partial charge on any atom is 0.374 e. The van der Waals surface area contributed by atoms with Gasteiger partial charge in [0.25, 0.3) is 0 Å². The molecule has 0 atom stereocenters. The maximum absolute atomic E-state index is 12.9. The second kappa shape index (κ2) is 7.09. The monoisotopic (exact) mass is 344 g/mol. The zero-order chi connectivity index (χ0) is 18.0. The third-order valence-corrected chi connectivity index (χ3v) is 4.75. The Balaban J connectivity index is 2.17. The number of rotatable bonds is 4. The Morgan fingerprint density at radius 1 is 1.16 bits per heavy atom. The van der Waals surface area contributed by atoms with Gasteiger partial charge in [0, 0.05) is 0 Å². The normalized spacial score (nSPS) is 14.6. The molecule has 1 fully saturated rings. The molecule has 1 aromatic carbocycles. The van der Waals surface area contributed by atoms with Crippen LogP contribution in [-0.4, -0.2) is 26.2 Å². The number of carbonyl (C=O) groups excluding carboxylic acids is 2. The van der Waals surface area contributed by atoms with Crippen LogP contribution in [0, 0.1) is 0 Å². The molecular weight excluding hydrogens is 324 g/mol. The number of hydrogen-bond donors (Lipinski definition) is 0. The topological polar surface area (TPSA) is 82.8 Å². The number of hydrogen-bond acceptors (Lipinski definition) is 6. The van der Waals surface area contributed by atoms with Crippen molar-refractivity contribution in [1.29, 1.82) is 0 Å². The summed E-state index contributed by atoms with van der Waals surface area (Å²) >= 11 is 0. The van der Waals surface area contributed by atoms with Crippen molar-refractivity contribution in [3.63, 3.8) is 0 Å². The standard InChI is InChI=1S/C19H20O6/c1-23-16(20)10-14-17(21)13-9-12(11-5-3-4-6-11)7-8-15(13)25-18(14)19(22)24-2/h7-9,11H,3-6,10H2,1-2H3. The number of fused-ring (bicyclic) bond motifs is 1. The van der Waals surface area contributed by atoms with Crippen LogP contribution in [0.2, 0.25) is 0 Å². The summed E-state index contributed by atoms with van der Waals surface area (Å²) in [6.07, 6.45) is 4.24. The first-order valence-electron chi connectivity index (χ1n) is 8.30. The third kappa shape index (κ3) is 3.29. The van der Waals surface area contributed by atoms with E-state index in [1.54, 1.807) is 6.07 Å². The largest absolute Gasteiger partial charge is 0.469 e. The third-order valence-electron chi connectivity index (χ3n) is 4.75. The van der Waals surface area contributed by atoms with Crippen LogP contribution >= 0.6 is 0 Å². The highest BCUT2D eigenvalue weighted by atomic mass is 16.5. The molecular formula is C19H20O6. The number of ether oxygens (including phenoxy) is 2. The smallest absolute Gasteiger partial charge is 0.374 e. The first-order chi connectivity index (χ1) is 12.0. The molecule has 0 radical (unpaired) electrons. The fraction of sp³-hybridized carbons (Fsp3) is 0.421. The molecule has 1 aliphatic carbocycles. The summed E-state index contributed by atoms with van der Waals surface area (Å²) in [4.78, 5) is 36.5. The van der Waals surface area contributed by atoms with E-state index in [1.165, 1.54) is 27.1 Å². The van der Waals surface area contributed by atoms with Gasteiger partial charge in [-0.3, -0.25) is 9.59 Å². The lowest BCUT2D eigenvalue weighted by Crippen LogP contribution is -2.21. The van der Waals surface area contributed by atoms with Gasteiger partial charge in [-0.25, -0.2) is 4.79 Å². The highest BCUT2D eigenvalue weighted by Crippen LogP contribution is 2.35. The molecule has 1 saturated carbocycles. The van der Waals surface area contributed by atoms with Crippen LogP contribution in [0.4, 0.5) is 0 Å². The predicted octanol–water partition coefficient (Wildman–Crippen LogP) is 2.95. The summed E-state index contributed by atoms with van der Waals surface area (Å²) in [5, 5.41) is 0.371. The average molecular weight is 344 g/mol. The van der Waals surface area contributed by atoms with Crippen LogP contribution in [0.25, 0.3) is 11.0 Å². The van der Waals surface area contributed by atoms with E-state index in [0.717, 1.165) is 18.4 Å². The van der Waals surface area contributed by atoms with Gasteiger partial charge in [0.2, 0.25) is 5.76 Å². The van der Waals surface area contributed by atoms with Crippen LogP contribution in [0.1, 0.15) is 53.3 Å². The molecule has 0 saturated heterocycles. The molecule has 0 amide bonds.